The molecule has 0 aliphatic heterocycles. The predicted octanol–water partition coefficient (Wildman–Crippen LogP) is 1.24. The second-order valence-corrected chi connectivity index (χ2v) is 4.63. The molecule has 0 fully saturated rings. The van der Waals surface area contributed by atoms with Gasteiger partial charge in [-0.3, -0.25) is 19.5 Å². The van der Waals surface area contributed by atoms with E-state index in [0.29, 0.717) is 22.6 Å². The molecule has 8 nitrogen and oxygen atoms in total. The van der Waals surface area contributed by atoms with Gasteiger partial charge >= 0.3 is 0 Å². The fourth-order valence-corrected chi connectivity index (χ4v) is 2.13. The zero-order valence-electron chi connectivity index (χ0n) is 11.3. The molecule has 0 aliphatic carbocycles. The van der Waals surface area contributed by atoms with Gasteiger partial charge in [-0.2, -0.15) is 0 Å². The third-order valence-electron chi connectivity index (χ3n) is 3.28. The van der Waals surface area contributed by atoms with E-state index in [1.807, 2.05) is 0 Å². The molecule has 2 aromatic heterocycles. The topological polar surface area (TPSA) is 95.8 Å². The zero-order chi connectivity index (χ0) is 15.1. The summed E-state index contributed by atoms with van der Waals surface area (Å²) in [4.78, 5) is 30.9. The second-order valence-electron chi connectivity index (χ2n) is 4.63. The maximum atomic E-state index is 12.2. The molecule has 21 heavy (non-hydrogen) atoms. The van der Waals surface area contributed by atoms with E-state index < -0.39 is 4.92 Å². The van der Waals surface area contributed by atoms with Crippen LogP contribution < -0.4 is 5.56 Å². The molecule has 0 N–H and O–H groups in total. The number of imidazole rings is 1. The molecule has 0 radical (unpaired) electrons. The van der Waals surface area contributed by atoms with Crippen LogP contribution in [0.15, 0.2) is 35.4 Å². The smallest absolute Gasteiger partial charge is 0.281 e. The van der Waals surface area contributed by atoms with Crippen LogP contribution in [0.2, 0.25) is 0 Å². The van der Waals surface area contributed by atoms with Crippen molar-refractivity contribution in [2.45, 2.75) is 0 Å². The molecular weight excluding hydrogens is 274 g/mol. The molecule has 2 heterocycles. The Kier molecular flexibility index (Phi) is 2.79. The molecule has 3 rings (SSSR count). The maximum Gasteiger partial charge on any atom is 0.281 e. The van der Waals surface area contributed by atoms with Crippen LogP contribution in [0.3, 0.4) is 0 Å². The van der Waals surface area contributed by atoms with E-state index in [2.05, 4.69) is 9.97 Å². The first-order valence-corrected chi connectivity index (χ1v) is 6.12. The molecule has 0 spiro atoms. The number of nitrogens with zero attached hydrogens (tertiary/aromatic N) is 5. The van der Waals surface area contributed by atoms with E-state index in [0.717, 1.165) is 0 Å². The summed E-state index contributed by atoms with van der Waals surface area (Å²) < 4.78 is 3.04. The molecule has 0 amide bonds. The van der Waals surface area contributed by atoms with Crippen LogP contribution in [0, 0.1) is 10.1 Å². The lowest BCUT2D eigenvalue weighted by Gasteiger charge is -2.07. The van der Waals surface area contributed by atoms with Gasteiger partial charge in [0.25, 0.3) is 11.2 Å². The van der Waals surface area contributed by atoms with Gasteiger partial charge in [-0.1, -0.05) is 0 Å². The van der Waals surface area contributed by atoms with Gasteiger partial charge in [-0.25, -0.2) is 9.97 Å². The molecule has 8 heteroatoms. The average molecular weight is 285 g/mol. The van der Waals surface area contributed by atoms with Crippen LogP contribution >= 0.6 is 0 Å². The van der Waals surface area contributed by atoms with Crippen molar-refractivity contribution in [3.05, 3.63) is 51.1 Å². The van der Waals surface area contributed by atoms with Crippen molar-refractivity contribution in [1.82, 2.24) is 19.1 Å². The summed E-state index contributed by atoms with van der Waals surface area (Å²) in [6.45, 7) is 0. The average Bonchev–Trinajstić information content (AvgIpc) is 2.84. The van der Waals surface area contributed by atoms with Gasteiger partial charge in [0.05, 0.1) is 11.3 Å². The maximum absolute atomic E-state index is 12.2. The Balaban J connectivity index is 2.24. The van der Waals surface area contributed by atoms with Crippen molar-refractivity contribution < 1.29 is 4.92 Å². The van der Waals surface area contributed by atoms with Gasteiger partial charge in [0.2, 0.25) is 0 Å². The lowest BCUT2D eigenvalue weighted by Crippen LogP contribution is -2.20. The fraction of sp³-hybridized carbons (Fsp3) is 0.154. The highest BCUT2D eigenvalue weighted by molar-refractivity contribution is 5.73. The number of hydrogen-bond acceptors (Lipinski definition) is 5. The fourth-order valence-electron chi connectivity index (χ4n) is 2.13. The van der Waals surface area contributed by atoms with Gasteiger partial charge in [-0.15, -0.1) is 0 Å². The second kappa shape index (κ2) is 4.51. The Morgan fingerprint density at radius 3 is 2.48 bits per heavy atom. The third-order valence-corrected chi connectivity index (χ3v) is 3.28. The molecule has 0 bridgehead atoms. The minimum Gasteiger partial charge on any atom is -0.318 e. The first-order valence-electron chi connectivity index (χ1n) is 6.12. The van der Waals surface area contributed by atoms with Crippen LogP contribution in [0.25, 0.3) is 22.6 Å². The summed E-state index contributed by atoms with van der Waals surface area (Å²) in [6.07, 6.45) is 1.53. The van der Waals surface area contributed by atoms with Gasteiger partial charge in [0, 0.05) is 31.8 Å². The summed E-state index contributed by atoms with van der Waals surface area (Å²) in [5.74, 6) is 0.436. The number of benzene rings is 1. The van der Waals surface area contributed by atoms with Crippen LogP contribution in [0.5, 0.6) is 0 Å². The SMILES string of the molecule is Cn1c(-c2ccc([N+](=O)[O-])cc2)nc2c(ncn2C)c1=O. The molecule has 0 unspecified atom stereocenters. The van der Waals surface area contributed by atoms with E-state index in [9.17, 15) is 14.9 Å². The van der Waals surface area contributed by atoms with Gasteiger partial charge in [0.15, 0.2) is 11.2 Å². The highest BCUT2D eigenvalue weighted by Crippen LogP contribution is 2.20. The number of nitro benzene ring substituents is 1. The van der Waals surface area contributed by atoms with E-state index in [4.69, 9.17) is 0 Å². The molecule has 0 aliphatic rings. The largest absolute Gasteiger partial charge is 0.318 e. The number of non-ortho nitro benzene ring substituents is 1. The van der Waals surface area contributed by atoms with E-state index >= 15 is 0 Å². The van der Waals surface area contributed by atoms with Gasteiger partial charge < -0.3 is 4.57 Å². The van der Waals surface area contributed by atoms with Crippen molar-refractivity contribution in [2.24, 2.45) is 14.1 Å². The number of fused-ring (bicyclic) bond motifs is 1. The van der Waals surface area contributed by atoms with Crippen molar-refractivity contribution >= 4 is 16.9 Å². The van der Waals surface area contributed by atoms with Gasteiger partial charge in [0.1, 0.15) is 5.82 Å². The van der Waals surface area contributed by atoms with Crippen molar-refractivity contribution in [3.8, 4) is 11.4 Å². The van der Waals surface area contributed by atoms with Crippen molar-refractivity contribution in [2.75, 3.05) is 0 Å². The van der Waals surface area contributed by atoms with Crippen LogP contribution in [0.4, 0.5) is 5.69 Å². The lowest BCUT2D eigenvalue weighted by molar-refractivity contribution is -0.384. The summed E-state index contributed by atoms with van der Waals surface area (Å²) in [5.41, 5.74) is 1.14. The predicted molar refractivity (Wildman–Crippen MR) is 75.8 cm³/mol. The number of aromatic nitrogens is 4. The number of hydrogen-bond donors (Lipinski definition) is 0. The summed E-state index contributed by atoms with van der Waals surface area (Å²) in [6, 6.07) is 5.91. The quantitative estimate of drug-likeness (QED) is 0.521. The van der Waals surface area contributed by atoms with Crippen LogP contribution in [0.1, 0.15) is 0 Å². The van der Waals surface area contributed by atoms with Crippen molar-refractivity contribution in [1.29, 1.82) is 0 Å². The Morgan fingerprint density at radius 2 is 1.86 bits per heavy atom. The molecular formula is C13H11N5O3. The molecule has 1 aromatic carbocycles. The molecule has 0 saturated carbocycles. The third kappa shape index (κ3) is 1.97. The molecule has 0 atom stereocenters. The Bertz CT molecular complexity index is 908. The van der Waals surface area contributed by atoms with E-state index in [1.165, 1.54) is 23.0 Å². The summed E-state index contributed by atoms with van der Waals surface area (Å²) >= 11 is 0. The Labute approximate surface area is 118 Å². The first kappa shape index (κ1) is 13.0. The first-order chi connectivity index (χ1) is 9.99. The van der Waals surface area contributed by atoms with E-state index in [-0.39, 0.29) is 11.2 Å². The van der Waals surface area contributed by atoms with Crippen LogP contribution in [-0.4, -0.2) is 24.0 Å². The van der Waals surface area contributed by atoms with Gasteiger partial charge in [-0.05, 0) is 12.1 Å². The highest BCUT2D eigenvalue weighted by atomic mass is 16.6. The number of aryl methyl sites for hydroxylation is 1. The summed E-state index contributed by atoms with van der Waals surface area (Å²) in [5, 5.41) is 10.7. The van der Waals surface area contributed by atoms with E-state index in [1.54, 1.807) is 30.8 Å². The molecule has 3 aromatic rings. The standard InChI is InChI=1S/C13H11N5O3/c1-16-7-14-10-12(16)15-11(17(2)13(10)19)8-3-5-9(6-4-8)18(20)21/h3-7H,1-2H3. The van der Waals surface area contributed by atoms with Crippen LogP contribution in [-0.2, 0) is 14.1 Å². The Hall–Kier alpha value is -3.03. The zero-order valence-corrected chi connectivity index (χ0v) is 11.3. The molecule has 0 saturated heterocycles. The minimum atomic E-state index is -0.472. The Morgan fingerprint density at radius 1 is 1.19 bits per heavy atom. The minimum absolute atomic E-state index is 0.00892. The van der Waals surface area contributed by atoms with Crippen molar-refractivity contribution in [3.63, 3.8) is 0 Å². The number of nitro groups is 1. The normalized spacial score (nSPS) is 11.0. The number of rotatable bonds is 2. The highest BCUT2D eigenvalue weighted by Gasteiger charge is 2.14. The molecule has 106 valence electrons. The summed E-state index contributed by atoms with van der Waals surface area (Å²) in [7, 11) is 3.35. The lowest BCUT2D eigenvalue weighted by atomic mass is 10.2. The monoisotopic (exact) mass is 285 g/mol.